The average Bonchev–Trinajstić information content (AvgIpc) is 3.31. The van der Waals surface area contributed by atoms with E-state index in [1.807, 2.05) is 16.9 Å². The number of nitrogens with zero attached hydrogens (tertiary/aromatic N) is 3. The van der Waals surface area contributed by atoms with E-state index < -0.39 is 11.9 Å². The number of carbonyl (C=O) groups is 1. The number of hydrogen-bond acceptors (Lipinski definition) is 5. The van der Waals surface area contributed by atoms with Crippen molar-refractivity contribution in [1.29, 1.82) is 0 Å². The predicted molar refractivity (Wildman–Crippen MR) is 90.6 cm³/mol. The molecule has 136 valence electrons. The summed E-state index contributed by atoms with van der Waals surface area (Å²) in [5.41, 5.74) is 0.826. The third-order valence-electron chi connectivity index (χ3n) is 4.81. The molecule has 0 radical (unpaired) electrons. The molecule has 3 atom stereocenters. The van der Waals surface area contributed by atoms with Crippen molar-refractivity contribution in [2.45, 2.75) is 38.0 Å². The van der Waals surface area contributed by atoms with Crippen molar-refractivity contribution >= 4 is 16.9 Å². The van der Waals surface area contributed by atoms with Crippen molar-refractivity contribution in [2.24, 2.45) is 5.92 Å². The number of amides is 1. The van der Waals surface area contributed by atoms with Crippen LogP contribution < -0.4 is 5.32 Å². The molecule has 26 heavy (non-hydrogen) atoms. The Kier molecular flexibility index (Phi) is 4.42. The van der Waals surface area contributed by atoms with Gasteiger partial charge in [-0.15, -0.1) is 0 Å². The molecular weight excluding hydrogens is 339 g/mol. The van der Waals surface area contributed by atoms with Gasteiger partial charge in [0.1, 0.15) is 11.5 Å². The molecule has 2 aromatic heterocycles. The minimum absolute atomic E-state index is 0.0243. The summed E-state index contributed by atoms with van der Waals surface area (Å²) >= 11 is 0. The van der Waals surface area contributed by atoms with E-state index in [4.69, 9.17) is 4.52 Å². The van der Waals surface area contributed by atoms with Crippen LogP contribution in [0, 0.1) is 11.7 Å². The topological polar surface area (TPSA) is 93.2 Å². The first-order valence-electron chi connectivity index (χ1n) is 8.57. The molecule has 8 heteroatoms. The van der Waals surface area contributed by atoms with Gasteiger partial charge in [-0.25, -0.2) is 4.39 Å². The van der Waals surface area contributed by atoms with E-state index in [9.17, 15) is 14.3 Å². The number of aromatic nitrogens is 3. The number of nitrogens with one attached hydrogen (secondary N) is 1. The summed E-state index contributed by atoms with van der Waals surface area (Å²) in [5, 5.41) is 21.6. The highest BCUT2D eigenvalue weighted by Crippen LogP contribution is 2.27. The summed E-state index contributed by atoms with van der Waals surface area (Å²) in [5.74, 6) is -0.430. The molecule has 4 rings (SSSR count). The minimum atomic E-state index is -0.592. The smallest absolute Gasteiger partial charge is 0.226 e. The van der Waals surface area contributed by atoms with E-state index in [0.29, 0.717) is 36.0 Å². The zero-order chi connectivity index (χ0) is 18.1. The van der Waals surface area contributed by atoms with E-state index in [-0.39, 0.29) is 24.3 Å². The second kappa shape index (κ2) is 6.87. The fourth-order valence-electron chi connectivity index (χ4n) is 3.59. The van der Waals surface area contributed by atoms with Gasteiger partial charge in [0.2, 0.25) is 5.91 Å². The average molecular weight is 358 g/mol. The molecule has 0 saturated heterocycles. The van der Waals surface area contributed by atoms with Crippen LogP contribution in [0.4, 0.5) is 4.39 Å². The van der Waals surface area contributed by atoms with Crippen LogP contribution in [-0.2, 0) is 17.8 Å². The number of aliphatic hydroxyl groups excluding tert-OH is 1. The molecule has 0 aliphatic heterocycles. The molecule has 1 saturated carbocycles. The van der Waals surface area contributed by atoms with Crippen molar-refractivity contribution in [3.8, 4) is 0 Å². The highest BCUT2D eigenvalue weighted by Gasteiger charge is 2.34. The monoisotopic (exact) mass is 358 g/mol. The second-order valence-corrected chi connectivity index (χ2v) is 6.75. The largest absolute Gasteiger partial charge is 0.391 e. The molecule has 0 spiro atoms. The quantitative estimate of drug-likeness (QED) is 0.724. The van der Waals surface area contributed by atoms with Gasteiger partial charge in [-0.05, 0) is 43.0 Å². The molecule has 1 aromatic carbocycles. The lowest BCUT2D eigenvalue weighted by atomic mass is 10.1. The molecule has 0 bridgehead atoms. The van der Waals surface area contributed by atoms with Gasteiger partial charge in [0, 0.05) is 24.3 Å². The first-order valence-corrected chi connectivity index (χ1v) is 8.57. The third-order valence-corrected chi connectivity index (χ3v) is 4.81. The summed E-state index contributed by atoms with van der Waals surface area (Å²) in [7, 11) is 0. The van der Waals surface area contributed by atoms with Gasteiger partial charge < -0.3 is 14.9 Å². The molecule has 1 fully saturated rings. The third kappa shape index (κ3) is 3.45. The van der Waals surface area contributed by atoms with E-state index in [0.717, 1.165) is 0 Å². The molecule has 1 unspecified atom stereocenters. The van der Waals surface area contributed by atoms with Gasteiger partial charge in [-0.2, -0.15) is 5.10 Å². The number of aliphatic hydroxyl groups is 1. The number of benzene rings is 1. The van der Waals surface area contributed by atoms with Crippen molar-refractivity contribution in [2.75, 3.05) is 0 Å². The fourth-order valence-corrected chi connectivity index (χ4v) is 3.59. The van der Waals surface area contributed by atoms with E-state index in [1.165, 1.54) is 18.2 Å². The minimum Gasteiger partial charge on any atom is -0.391 e. The number of rotatable bonds is 5. The Morgan fingerprint density at radius 3 is 3.12 bits per heavy atom. The summed E-state index contributed by atoms with van der Waals surface area (Å²) in [4.78, 5) is 12.3. The number of carbonyl (C=O) groups excluding carboxylic acids is 1. The van der Waals surface area contributed by atoms with Gasteiger partial charge in [0.25, 0.3) is 0 Å². The van der Waals surface area contributed by atoms with Crippen molar-refractivity contribution in [3.05, 3.63) is 48.2 Å². The maximum Gasteiger partial charge on any atom is 0.226 e. The first-order chi connectivity index (χ1) is 12.6. The van der Waals surface area contributed by atoms with Crippen LogP contribution in [0.1, 0.15) is 18.5 Å². The molecular formula is C18H19FN4O3. The van der Waals surface area contributed by atoms with Crippen molar-refractivity contribution < 1.29 is 18.8 Å². The number of hydrogen-bond donors (Lipinski definition) is 2. The number of fused-ring (bicyclic) bond motifs is 1. The van der Waals surface area contributed by atoms with E-state index >= 15 is 0 Å². The van der Waals surface area contributed by atoms with E-state index in [1.54, 1.807) is 6.20 Å². The van der Waals surface area contributed by atoms with Crippen LogP contribution in [0.3, 0.4) is 0 Å². The second-order valence-electron chi connectivity index (χ2n) is 6.75. The first kappa shape index (κ1) is 16.7. The molecule has 7 nitrogen and oxygen atoms in total. The maximum atomic E-state index is 13.4. The summed E-state index contributed by atoms with van der Waals surface area (Å²) in [6.07, 6.45) is 4.28. The Balaban J connectivity index is 1.37. The van der Waals surface area contributed by atoms with Crippen LogP contribution in [-0.4, -0.2) is 38.1 Å². The van der Waals surface area contributed by atoms with Crippen molar-refractivity contribution in [1.82, 2.24) is 20.3 Å². The summed E-state index contributed by atoms with van der Waals surface area (Å²) in [6, 6.07) is 5.62. The van der Waals surface area contributed by atoms with Gasteiger partial charge in [0.15, 0.2) is 5.58 Å². The van der Waals surface area contributed by atoms with Crippen LogP contribution in [0.25, 0.3) is 11.0 Å². The molecule has 1 amide bonds. The Bertz CT molecular complexity index is 908. The van der Waals surface area contributed by atoms with Gasteiger partial charge in [-0.3, -0.25) is 9.48 Å². The Hall–Kier alpha value is -2.74. The Morgan fingerprint density at radius 2 is 2.31 bits per heavy atom. The lowest BCUT2D eigenvalue weighted by Crippen LogP contribution is -2.40. The van der Waals surface area contributed by atoms with Crippen LogP contribution in [0.2, 0.25) is 0 Å². The van der Waals surface area contributed by atoms with Crippen molar-refractivity contribution in [3.63, 3.8) is 0 Å². The Morgan fingerprint density at radius 1 is 1.42 bits per heavy atom. The maximum absolute atomic E-state index is 13.4. The molecule has 1 aliphatic rings. The summed E-state index contributed by atoms with van der Waals surface area (Å²) in [6.45, 7) is 0.712. The molecule has 3 aromatic rings. The lowest BCUT2D eigenvalue weighted by molar-refractivity contribution is -0.121. The normalized spacial score (nSPS) is 22.8. The summed E-state index contributed by atoms with van der Waals surface area (Å²) < 4.78 is 20.3. The van der Waals surface area contributed by atoms with E-state index in [2.05, 4.69) is 15.6 Å². The zero-order valence-corrected chi connectivity index (χ0v) is 14.0. The lowest BCUT2D eigenvalue weighted by Gasteiger charge is -2.16. The van der Waals surface area contributed by atoms with Gasteiger partial charge in [0.05, 0.1) is 18.6 Å². The molecule has 2 heterocycles. The highest BCUT2D eigenvalue weighted by molar-refractivity contribution is 5.86. The fraction of sp³-hybridized carbons (Fsp3) is 0.389. The van der Waals surface area contributed by atoms with Crippen LogP contribution in [0.15, 0.2) is 41.2 Å². The standard InChI is InChI=1S/C18H19FN4O3/c19-12-2-3-17-13(8-12)14(22-26-17)9-18(25)21-15-6-11(7-16(15)24)10-23-5-1-4-20-23/h1-5,8,11,15-16,24H,6-7,9-10H2,(H,21,25)/t11?,15-,16-/m1/s1. The molecule has 1 aliphatic carbocycles. The van der Waals surface area contributed by atoms with Crippen LogP contribution in [0.5, 0.6) is 0 Å². The zero-order valence-electron chi connectivity index (χ0n) is 14.0. The SMILES string of the molecule is O=C(Cc1noc2ccc(F)cc12)N[C@@H]1CC(Cn2cccn2)C[C@H]1O. The van der Waals surface area contributed by atoms with Gasteiger partial charge in [-0.1, -0.05) is 5.16 Å². The number of halogens is 1. The Labute approximate surface area is 148 Å². The van der Waals surface area contributed by atoms with Gasteiger partial charge >= 0.3 is 0 Å². The highest BCUT2D eigenvalue weighted by atomic mass is 19.1. The molecule has 2 N–H and O–H groups in total. The van der Waals surface area contributed by atoms with Crippen LogP contribution >= 0.6 is 0 Å². The predicted octanol–water partition coefficient (Wildman–Crippen LogP) is 1.66.